The number of nitrogens with one attached hydrogen (secondary N) is 1. The zero-order valence-electron chi connectivity index (χ0n) is 8.40. The van der Waals surface area contributed by atoms with Gasteiger partial charge in [0.1, 0.15) is 11.6 Å². The smallest absolute Gasteiger partial charge is 0.133 e. The van der Waals surface area contributed by atoms with Crippen molar-refractivity contribution in [2.75, 3.05) is 11.9 Å². The highest BCUT2D eigenvalue weighted by atomic mass is 15.0. The summed E-state index contributed by atoms with van der Waals surface area (Å²) in [5.74, 6) is 2.46. The molecular formula is C10H16N4. The van der Waals surface area contributed by atoms with E-state index >= 15 is 0 Å². The molecule has 1 heterocycles. The molecule has 0 radical (unpaired) electrons. The summed E-state index contributed by atoms with van der Waals surface area (Å²) in [7, 11) is 0. The van der Waals surface area contributed by atoms with Crippen molar-refractivity contribution in [2.45, 2.75) is 31.7 Å². The molecule has 1 saturated carbocycles. The van der Waals surface area contributed by atoms with Crippen LogP contribution in [-0.4, -0.2) is 22.6 Å². The number of anilines is 1. The summed E-state index contributed by atoms with van der Waals surface area (Å²) < 4.78 is 0. The minimum absolute atomic E-state index is 0.148. The van der Waals surface area contributed by atoms with Crippen molar-refractivity contribution in [3.05, 3.63) is 18.1 Å². The number of hydrogen-bond donors (Lipinski definition) is 2. The van der Waals surface area contributed by atoms with Crippen LogP contribution in [0, 0.1) is 0 Å². The topological polar surface area (TPSA) is 63.8 Å². The summed E-state index contributed by atoms with van der Waals surface area (Å²) in [5, 5.41) is 3.19. The molecule has 2 rings (SSSR count). The van der Waals surface area contributed by atoms with Gasteiger partial charge in [0.15, 0.2) is 0 Å². The van der Waals surface area contributed by atoms with Crippen LogP contribution in [-0.2, 0) is 0 Å². The Labute approximate surface area is 83.9 Å². The van der Waals surface area contributed by atoms with Crippen LogP contribution in [0.3, 0.4) is 0 Å². The fourth-order valence-corrected chi connectivity index (χ4v) is 1.28. The molecule has 0 saturated heterocycles. The third-order valence-electron chi connectivity index (χ3n) is 2.22. The van der Waals surface area contributed by atoms with E-state index in [1.807, 2.05) is 19.2 Å². The van der Waals surface area contributed by atoms with Crippen molar-refractivity contribution in [1.29, 1.82) is 0 Å². The number of nitrogens with two attached hydrogens (primary N) is 1. The van der Waals surface area contributed by atoms with Gasteiger partial charge in [-0.2, -0.15) is 0 Å². The van der Waals surface area contributed by atoms with Gasteiger partial charge in [-0.15, -0.1) is 0 Å². The Morgan fingerprint density at radius 1 is 1.64 bits per heavy atom. The summed E-state index contributed by atoms with van der Waals surface area (Å²) in [6.07, 6.45) is 4.28. The van der Waals surface area contributed by atoms with Crippen LogP contribution in [0.2, 0.25) is 0 Å². The Hall–Kier alpha value is -1.16. The molecule has 1 fully saturated rings. The minimum atomic E-state index is 0.148. The maximum atomic E-state index is 5.64. The van der Waals surface area contributed by atoms with Gasteiger partial charge in [-0.3, -0.25) is 0 Å². The zero-order valence-corrected chi connectivity index (χ0v) is 8.40. The van der Waals surface area contributed by atoms with Crippen molar-refractivity contribution >= 4 is 5.82 Å². The Balaban J connectivity index is 1.99. The molecule has 1 aliphatic rings. The van der Waals surface area contributed by atoms with Gasteiger partial charge in [-0.05, 0) is 25.8 Å². The van der Waals surface area contributed by atoms with Crippen molar-refractivity contribution in [3.63, 3.8) is 0 Å². The lowest BCUT2D eigenvalue weighted by Gasteiger charge is -2.08. The van der Waals surface area contributed by atoms with Crippen LogP contribution < -0.4 is 11.1 Å². The molecule has 0 amide bonds. The average Bonchev–Trinajstić information content (AvgIpc) is 2.98. The van der Waals surface area contributed by atoms with Gasteiger partial charge in [0.25, 0.3) is 0 Å². The first-order valence-electron chi connectivity index (χ1n) is 5.08. The van der Waals surface area contributed by atoms with Gasteiger partial charge in [0.05, 0.1) is 0 Å². The molecule has 1 aliphatic carbocycles. The second-order valence-corrected chi connectivity index (χ2v) is 3.93. The van der Waals surface area contributed by atoms with Gasteiger partial charge in [-0.1, -0.05) is 0 Å². The Morgan fingerprint density at radius 3 is 3.07 bits per heavy atom. The van der Waals surface area contributed by atoms with Crippen molar-refractivity contribution in [3.8, 4) is 0 Å². The Bertz CT molecular complexity index is 307. The first-order chi connectivity index (χ1) is 6.75. The van der Waals surface area contributed by atoms with Crippen LogP contribution in [0.5, 0.6) is 0 Å². The maximum absolute atomic E-state index is 5.64. The van der Waals surface area contributed by atoms with Gasteiger partial charge in [-0.25, -0.2) is 9.97 Å². The molecule has 0 spiro atoms. The van der Waals surface area contributed by atoms with Gasteiger partial charge in [0, 0.05) is 24.7 Å². The van der Waals surface area contributed by atoms with Crippen LogP contribution in [0.25, 0.3) is 0 Å². The highest BCUT2D eigenvalue weighted by Crippen LogP contribution is 2.37. The highest BCUT2D eigenvalue weighted by Gasteiger charge is 2.26. The van der Waals surface area contributed by atoms with Crippen molar-refractivity contribution in [1.82, 2.24) is 9.97 Å². The third-order valence-corrected chi connectivity index (χ3v) is 2.22. The molecule has 1 aromatic heterocycles. The molecule has 4 nitrogen and oxygen atoms in total. The summed E-state index contributed by atoms with van der Waals surface area (Å²) in [6, 6.07) is 2.03. The summed E-state index contributed by atoms with van der Waals surface area (Å²) in [5.41, 5.74) is 5.64. The number of nitrogens with zero attached hydrogens (tertiary/aromatic N) is 2. The predicted octanol–water partition coefficient (Wildman–Crippen LogP) is 1.11. The van der Waals surface area contributed by atoms with Crippen LogP contribution in [0.1, 0.15) is 31.5 Å². The largest absolute Gasteiger partial charge is 0.368 e. The maximum Gasteiger partial charge on any atom is 0.133 e. The average molecular weight is 192 g/mol. The molecule has 4 heteroatoms. The highest BCUT2D eigenvalue weighted by molar-refractivity contribution is 5.34. The van der Waals surface area contributed by atoms with Gasteiger partial charge < -0.3 is 11.1 Å². The molecule has 14 heavy (non-hydrogen) atoms. The fraction of sp³-hybridized carbons (Fsp3) is 0.600. The SMILES string of the molecule is CC(N)CNc1ccnc(C2CC2)n1. The minimum Gasteiger partial charge on any atom is -0.368 e. The van der Waals surface area contributed by atoms with Crippen LogP contribution in [0.15, 0.2) is 12.3 Å². The van der Waals surface area contributed by atoms with E-state index in [-0.39, 0.29) is 6.04 Å². The molecule has 0 aliphatic heterocycles. The molecule has 1 atom stereocenters. The second kappa shape index (κ2) is 3.92. The van der Waals surface area contributed by atoms with E-state index in [1.165, 1.54) is 12.8 Å². The van der Waals surface area contributed by atoms with E-state index in [0.29, 0.717) is 5.92 Å². The van der Waals surface area contributed by atoms with Gasteiger partial charge >= 0.3 is 0 Å². The molecule has 76 valence electrons. The quantitative estimate of drug-likeness (QED) is 0.750. The zero-order chi connectivity index (χ0) is 9.97. The van der Waals surface area contributed by atoms with Crippen molar-refractivity contribution in [2.24, 2.45) is 5.73 Å². The molecule has 0 bridgehead atoms. The molecule has 1 aromatic rings. The first-order valence-corrected chi connectivity index (χ1v) is 5.08. The lowest BCUT2D eigenvalue weighted by atomic mass is 10.3. The fourth-order valence-electron chi connectivity index (χ4n) is 1.28. The Kier molecular flexibility index (Phi) is 2.63. The summed E-state index contributed by atoms with van der Waals surface area (Å²) >= 11 is 0. The van der Waals surface area contributed by atoms with E-state index in [0.717, 1.165) is 18.2 Å². The van der Waals surface area contributed by atoms with Crippen LogP contribution >= 0.6 is 0 Å². The van der Waals surface area contributed by atoms with E-state index in [4.69, 9.17) is 5.73 Å². The predicted molar refractivity (Wildman–Crippen MR) is 56.1 cm³/mol. The van der Waals surface area contributed by atoms with Crippen LogP contribution in [0.4, 0.5) is 5.82 Å². The monoisotopic (exact) mass is 192 g/mol. The molecule has 0 aromatic carbocycles. The number of hydrogen-bond acceptors (Lipinski definition) is 4. The van der Waals surface area contributed by atoms with E-state index < -0.39 is 0 Å². The molecular weight excluding hydrogens is 176 g/mol. The third kappa shape index (κ3) is 2.42. The lowest BCUT2D eigenvalue weighted by molar-refractivity contribution is 0.774. The first kappa shape index (κ1) is 9.40. The normalized spacial score (nSPS) is 17.9. The van der Waals surface area contributed by atoms with E-state index in [9.17, 15) is 0 Å². The summed E-state index contributed by atoms with van der Waals surface area (Å²) in [6.45, 7) is 2.72. The van der Waals surface area contributed by atoms with E-state index in [2.05, 4.69) is 15.3 Å². The standard InChI is InChI=1S/C10H16N4/c1-7(11)6-13-9-4-5-12-10(14-9)8-2-3-8/h4-5,7-8H,2-3,6,11H2,1H3,(H,12,13,14). The lowest BCUT2D eigenvalue weighted by Crippen LogP contribution is -2.25. The van der Waals surface area contributed by atoms with Crippen molar-refractivity contribution < 1.29 is 0 Å². The number of aromatic nitrogens is 2. The molecule has 3 N–H and O–H groups in total. The Morgan fingerprint density at radius 2 is 2.43 bits per heavy atom. The summed E-state index contributed by atoms with van der Waals surface area (Å²) in [4.78, 5) is 8.68. The van der Waals surface area contributed by atoms with Gasteiger partial charge in [0.2, 0.25) is 0 Å². The molecule has 1 unspecified atom stereocenters. The number of rotatable bonds is 4. The second-order valence-electron chi connectivity index (χ2n) is 3.93. The van der Waals surface area contributed by atoms with E-state index in [1.54, 1.807) is 0 Å².